The first-order valence-electron chi connectivity index (χ1n) is 6.68. The van der Waals surface area contributed by atoms with Crippen LogP contribution in [0.4, 0.5) is 0 Å². The van der Waals surface area contributed by atoms with Gasteiger partial charge < -0.3 is 10.6 Å². The third-order valence-electron chi connectivity index (χ3n) is 3.67. The first-order chi connectivity index (χ1) is 7.94. The van der Waals surface area contributed by atoms with Gasteiger partial charge in [-0.1, -0.05) is 0 Å². The van der Waals surface area contributed by atoms with Crippen molar-refractivity contribution >= 4 is 18.3 Å². The van der Waals surface area contributed by atoms with E-state index in [0.29, 0.717) is 6.54 Å². The van der Waals surface area contributed by atoms with Crippen LogP contribution in [0.5, 0.6) is 0 Å². The SMILES string of the molecule is CC(C)(C)NC(=O)CN1CCC2CNCC2C1.Cl. The van der Waals surface area contributed by atoms with Crippen LogP contribution in [0, 0.1) is 11.8 Å². The number of carbonyl (C=O) groups excluding carboxylic acids is 1. The minimum absolute atomic E-state index is 0. The number of amides is 1. The normalized spacial score (nSPS) is 28.4. The molecule has 0 radical (unpaired) electrons. The highest BCUT2D eigenvalue weighted by atomic mass is 35.5. The highest BCUT2D eigenvalue weighted by Gasteiger charge is 2.33. The number of likely N-dealkylation sites (tertiary alicyclic amines) is 1. The van der Waals surface area contributed by atoms with Crippen molar-refractivity contribution in [3.8, 4) is 0 Å². The number of fused-ring (bicyclic) bond motifs is 1. The van der Waals surface area contributed by atoms with Gasteiger partial charge in [-0.15, -0.1) is 12.4 Å². The fourth-order valence-electron chi connectivity index (χ4n) is 2.91. The van der Waals surface area contributed by atoms with E-state index in [2.05, 4.69) is 15.5 Å². The maximum absolute atomic E-state index is 11.9. The monoisotopic (exact) mass is 275 g/mol. The van der Waals surface area contributed by atoms with E-state index >= 15 is 0 Å². The highest BCUT2D eigenvalue weighted by molar-refractivity contribution is 5.85. The van der Waals surface area contributed by atoms with Crippen LogP contribution in [0.15, 0.2) is 0 Å². The zero-order chi connectivity index (χ0) is 12.5. The van der Waals surface area contributed by atoms with Crippen LogP contribution in [0.2, 0.25) is 0 Å². The van der Waals surface area contributed by atoms with Gasteiger partial charge in [0, 0.05) is 12.1 Å². The number of rotatable bonds is 2. The van der Waals surface area contributed by atoms with Gasteiger partial charge in [-0.25, -0.2) is 0 Å². The van der Waals surface area contributed by atoms with Crippen molar-refractivity contribution < 1.29 is 4.79 Å². The molecule has 0 saturated carbocycles. The van der Waals surface area contributed by atoms with Crippen LogP contribution in [0.1, 0.15) is 27.2 Å². The molecule has 0 aliphatic carbocycles. The molecule has 2 rings (SSSR count). The number of hydrogen-bond donors (Lipinski definition) is 2. The highest BCUT2D eigenvalue weighted by Crippen LogP contribution is 2.26. The summed E-state index contributed by atoms with van der Waals surface area (Å²) in [4.78, 5) is 14.2. The molecule has 2 aliphatic heterocycles. The number of nitrogens with zero attached hydrogens (tertiary/aromatic N) is 1. The zero-order valence-corrected chi connectivity index (χ0v) is 12.5. The van der Waals surface area contributed by atoms with Crippen molar-refractivity contribution in [2.75, 3.05) is 32.7 Å². The molecule has 2 N–H and O–H groups in total. The second-order valence-corrected chi connectivity index (χ2v) is 6.50. The predicted molar refractivity (Wildman–Crippen MR) is 76.1 cm³/mol. The standard InChI is InChI=1S/C13H25N3O.ClH/c1-13(2,3)15-12(17)9-16-5-4-10-6-14-7-11(10)8-16;/h10-11,14H,4-9H2,1-3H3,(H,15,17);1H. The van der Waals surface area contributed by atoms with Crippen LogP contribution >= 0.6 is 12.4 Å². The van der Waals surface area contributed by atoms with Crippen molar-refractivity contribution in [1.29, 1.82) is 0 Å². The Bertz CT molecular complexity index is 290. The first kappa shape index (κ1) is 15.7. The Balaban J connectivity index is 0.00000162. The molecule has 0 aromatic heterocycles. The fourth-order valence-corrected chi connectivity index (χ4v) is 2.91. The molecule has 2 fully saturated rings. The van der Waals surface area contributed by atoms with E-state index in [9.17, 15) is 4.79 Å². The van der Waals surface area contributed by atoms with Crippen LogP contribution < -0.4 is 10.6 Å². The summed E-state index contributed by atoms with van der Waals surface area (Å²) in [5.41, 5.74) is -0.121. The molecule has 0 aromatic rings. The Kier molecular flexibility index (Phi) is 5.44. The van der Waals surface area contributed by atoms with Gasteiger partial charge in [-0.2, -0.15) is 0 Å². The van der Waals surface area contributed by atoms with E-state index in [-0.39, 0.29) is 23.9 Å². The molecule has 2 heterocycles. The van der Waals surface area contributed by atoms with Gasteiger partial charge in [0.25, 0.3) is 0 Å². The summed E-state index contributed by atoms with van der Waals surface area (Å²) in [6.45, 7) is 11.1. The molecule has 2 saturated heterocycles. The summed E-state index contributed by atoms with van der Waals surface area (Å²) in [7, 11) is 0. The van der Waals surface area contributed by atoms with E-state index < -0.39 is 0 Å². The van der Waals surface area contributed by atoms with Crippen LogP contribution in [0.25, 0.3) is 0 Å². The molecule has 0 aromatic carbocycles. The summed E-state index contributed by atoms with van der Waals surface area (Å²) in [6, 6.07) is 0. The van der Waals surface area contributed by atoms with Crippen LogP contribution in [0.3, 0.4) is 0 Å². The largest absolute Gasteiger partial charge is 0.350 e. The topological polar surface area (TPSA) is 44.4 Å². The fraction of sp³-hybridized carbons (Fsp3) is 0.923. The summed E-state index contributed by atoms with van der Waals surface area (Å²) in [5.74, 6) is 1.75. The Morgan fingerprint density at radius 1 is 1.33 bits per heavy atom. The van der Waals surface area contributed by atoms with E-state index in [0.717, 1.165) is 31.5 Å². The lowest BCUT2D eigenvalue weighted by molar-refractivity contribution is -0.124. The molecule has 18 heavy (non-hydrogen) atoms. The summed E-state index contributed by atoms with van der Waals surface area (Å²) in [5, 5.41) is 6.48. The van der Waals surface area contributed by atoms with Gasteiger partial charge in [0.15, 0.2) is 0 Å². The predicted octanol–water partition coefficient (Wildman–Crippen LogP) is 0.864. The van der Waals surface area contributed by atoms with Gasteiger partial charge in [0.05, 0.1) is 6.54 Å². The lowest BCUT2D eigenvalue weighted by Gasteiger charge is -2.34. The second kappa shape index (κ2) is 6.22. The summed E-state index contributed by atoms with van der Waals surface area (Å²) >= 11 is 0. The third-order valence-corrected chi connectivity index (χ3v) is 3.67. The van der Waals surface area contributed by atoms with Crippen molar-refractivity contribution in [2.24, 2.45) is 11.8 Å². The van der Waals surface area contributed by atoms with Crippen molar-refractivity contribution in [3.05, 3.63) is 0 Å². The first-order valence-corrected chi connectivity index (χ1v) is 6.68. The Morgan fingerprint density at radius 3 is 2.67 bits per heavy atom. The zero-order valence-electron chi connectivity index (χ0n) is 11.7. The molecule has 2 atom stereocenters. The molecule has 2 unspecified atom stereocenters. The van der Waals surface area contributed by atoms with E-state index in [4.69, 9.17) is 0 Å². The van der Waals surface area contributed by atoms with Crippen LogP contribution in [-0.4, -0.2) is 49.1 Å². The lowest BCUT2D eigenvalue weighted by atomic mass is 9.89. The van der Waals surface area contributed by atoms with E-state index in [1.54, 1.807) is 0 Å². The molecule has 5 heteroatoms. The average molecular weight is 276 g/mol. The summed E-state index contributed by atoms with van der Waals surface area (Å²) < 4.78 is 0. The van der Waals surface area contributed by atoms with Gasteiger partial charge >= 0.3 is 0 Å². The number of piperidine rings is 1. The van der Waals surface area contributed by atoms with Crippen molar-refractivity contribution in [3.63, 3.8) is 0 Å². The molecule has 0 spiro atoms. The number of nitrogens with one attached hydrogen (secondary N) is 2. The Morgan fingerprint density at radius 2 is 2.00 bits per heavy atom. The Labute approximate surface area is 116 Å². The molecule has 1 amide bonds. The quantitative estimate of drug-likeness (QED) is 0.786. The van der Waals surface area contributed by atoms with E-state index in [1.807, 2.05) is 20.8 Å². The van der Waals surface area contributed by atoms with Crippen molar-refractivity contribution in [2.45, 2.75) is 32.7 Å². The lowest BCUT2D eigenvalue weighted by Crippen LogP contribution is -2.49. The smallest absolute Gasteiger partial charge is 0.234 e. The number of halogens is 1. The number of hydrogen-bond acceptors (Lipinski definition) is 3. The minimum atomic E-state index is -0.121. The molecule has 4 nitrogen and oxygen atoms in total. The van der Waals surface area contributed by atoms with Gasteiger partial charge in [-0.3, -0.25) is 9.69 Å². The average Bonchev–Trinajstić information content (AvgIpc) is 2.61. The maximum Gasteiger partial charge on any atom is 0.234 e. The Hall–Kier alpha value is -0.320. The molecule has 0 bridgehead atoms. The van der Waals surface area contributed by atoms with Gasteiger partial charge in [0.1, 0.15) is 0 Å². The molecule has 2 aliphatic rings. The van der Waals surface area contributed by atoms with Crippen LogP contribution in [-0.2, 0) is 4.79 Å². The summed E-state index contributed by atoms with van der Waals surface area (Å²) in [6.07, 6.45) is 1.24. The second-order valence-electron chi connectivity index (χ2n) is 6.50. The van der Waals surface area contributed by atoms with Gasteiger partial charge in [0.2, 0.25) is 5.91 Å². The molecular formula is C13H26ClN3O. The third kappa shape index (κ3) is 4.41. The van der Waals surface area contributed by atoms with E-state index in [1.165, 1.54) is 13.0 Å². The van der Waals surface area contributed by atoms with Gasteiger partial charge in [-0.05, 0) is 58.7 Å². The molecular weight excluding hydrogens is 250 g/mol. The van der Waals surface area contributed by atoms with Crippen molar-refractivity contribution in [1.82, 2.24) is 15.5 Å². The maximum atomic E-state index is 11.9. The molecule has 106 valence electrons. The number of carbonyl (C=O) groups is 1. The minimum Gasteiger partial charge on any atom is -0.350 e.